The molecule has 22 heavy (non-hydrogen) atoms. The van der Waals surface area contributed by atoms with Crippen LogP contribution in [0.3, 0.4) is 0 Å². The summed E-state index contributed by atoms with van der Waals surface area (Å²) in [6.45, 7) is 4.13. The third kappa shape index (κ3) is 2.53. The van der Waals surface area contributed by atoms with Crippen LogP contribution in [0.2, 0.25) is 0 Å². The maximum atomic E-state index is 11.7. The summed E-state index contributed by atoms with van der Waals surface area (Å²) in [4.78, 5) is 1.47. The molecule has 2 atom stereocenters. The van der Waals surface area contributed by atoms with Crippen molar-refractivity contribution in [2.24, 2.45) is 5.92 Å². The maximum absolute atomic E-state index is 11.7. The molecule has 1 nitrogen and oxygen atoms in total. The fraction of sp³-hybridized carbons (Fsp3) is 0.200. The molecule has 3 rings (SSSR count). The molecular weight excluding hydrogens is 288 g/mol. The Hall–Kier alpha value is -1.77. The smallest absolute Gasteiger partial charge is 0.264 e. The Kier molecular flexibility index (Phi) is 4.23. The van der Waals surface area contributed by atoms with E-state index < -0.39 is 15.8 Å². The zero-order valence-electron chi connectivity index (χ0n) is 12.9. The number of benzene rings is 2. The van der Waals surface area contributed by atoms with Gasteiger partial charge in [0.2, 0.25) is 0 Å². The molecule has 0 saturated carbocycles. The number of rotatable bonds is 3. The molecule has 1 N–H and O–H groups in total. The van der Waals surface area contributed by atoms with Crippen LogP contribution in [0.1, 0.15) is 13.8 Å². The molecule has 0 aromatic heterocycles. The van der Waals surface area contributed by atoms with Gasteiger partial charge in [0.25, 0.3) is 4.93 Å². The van der Waals surface area contributed by atoms with E-state index >= 15 is 0 Å². The van der Waals surface area contributed by atoms with Gasteiger partial charge in [-0.1, -0.05) is 61.5 Å². The molecule has 112 valence electrons. The number of allylic oxidation sites excluding steroid dienone is 2. The Morgan fingerprint density at radius 3 is 1.86 bits per heavy atom. The Morgan fingerprint density at radius 1 is 0.909 bits per heavy atom. The molecule has 2 aromatic rings. The summed E-state index contributed by atoms with van der Waals surface area (Å²) in [5.74, 6) is 0.0706. The SMILES string of the molecule is CC1=CC=CC(C)C1(O)[S+](c1ccccc1)c1ccccc1. The van der Waals surface area contributed by atoms with Gasteiger partial charge < -0.3 is 5.11 Å². The van der Waals surface area contributed by atoms with Gasteiger partial charge in [0.15, 0.2) is 9.79 Å². The van der Waals surface area contributed by atoms with Crippen LogP contribution in [0.4, 0.5) is 0 Å². The van der Waals surface area contributed by atoms with E-state index in [1.165, 1.54) is 9.79 Å². The average Bonchev–Trinajstić information content (AvgIpc) is 2.55. The first-order chi connectivity index (χ1) is 10.6. The van der Waals surface area contributed by atoms with Crippen LogP contribution in [0, 0.1) is 5.92 Å². The minimum atomic E-state index is -0.878. The van der Waals surface area contributed by atoms with Crippen LogP contribution in [-0.4, -0.2) is 10.0 Å². The van der Waals surface area contributed by atoms with Gasteiger partial charge in [0.05, 0.1) is 5.92 Å². The zero-order chi connectivity index (χ0) is 15.6. The minimum Gasteiger partial charge on any atom is -0.343 e. The van der Waals surface area contributed by atoms with E-state index in [0.29, 0.717) is 0 Å². The minimum absolute atomic E-state index is 0.0706. The normalized spacial score (nSPS) is 24.4. The summed E-state index contributed by atoms with van der Waals surface area (Å²) in [5.41, 5.74) is 1.03. The summed E-state index contributed by atoms with van der Waals surface area (Å²) in [5, 5.41) is 11.7. The fourth-order valence-electron chi connectivity index (χ4n) is 2.93. The summed E-state index contributed by atoms with van der Waals surface area (Å²) in [7, 11) is -0.427. The second-order valence-electron chi connectivity index (χ2n) is 5.65. The number of aliphatic hydroxyl groups is 1. The molecule has 2 heteroatoms. The predicted octanol–water partition coefficient (Wildman–Crippen LogP) is 4.56. The Labute approximate surface area is 135 Å². The van der Waals surface area contributed by atoms with Crippen molar-refractivity contribution in [2.75, 3.05) is 0 Å². The second-order valence-corrected chi connectivity index (χ2v) is 7.83. The summed E-state index contributed by atoms with van der Waals surface area (Å²) >= 11 is 0. The molecule has 2 aromatic carbocycles. The highest BCUT2D eigenvalue weighted by atomic mass is 32.2. The molecule has 2 unspecified atom stereocenters. The van der Waals surface area contributed by atoms with E-state index in [1.807, 2.05) is 55.5 Å². The van der Waals surface area contributed by atoms with Gasteiger partial charge in [0, 0.05) is 5.57 Å². The van der Waals surface area contributed by atoms with Crippen LogP contribution >= 0.6 is 0 Å². The van der Waals surface area contributed by atoms with Crippen molar-refractivity contribution in [1.29, 1.82) is 0 Å². The molecule has 1 aliphatic rings. The topological polar surface area (TPSA) is 20.2 Å². The molecule has 0 spiro atoms. The third-order valence-corrected chi connectivity index (χ3v) is 7.00. The van der Waals surface area contributed by atoms with E-state index in [2.05, 4.69) is 37.3 Å². The molecule has 0 fully saturated rings. The Morgan fingerprint density at radius 2 is 1.41 bits per heavy atom. The van der Waals surface area contributed by atoms with Gasteiger partial charge in [-0.3, -0.25) is 0 Å². The molecule has 1 aliphatic carbocycles. The van der Waals surface area contributed by atoms with Crippen molar-refractivity contribution in [3.05, 3.63) is 84.5 Å². The Bertz CT molecular complexity index is 651. The summed E-state index contributed by atoms with van der Waals surface area (Å²) < 4.78 is 0. The summed E-state index contributed by atoms with van der Waals surface area (Å²) in [6, 6.07) is 20.7. The lowest BCUT2D eigenvalue weighted by Crippen LogP contribution is -2.46. The van der Waals surface area contributed by atoms with Crippen molar-refractivity contribution in [2.45, 2.75) is 28.6 Å². The van der Waals surface area contributed by atoms with Crippen LogP contribution in [-0.2, 0) is 10.9 Å². The third-order valence-electron chi connectivity index (χ3n) is 4.20. The van der Waals surface area contributed by atoms with Crippen molar-refractivity contribution >= 4 is 10.9 Å². The van der Waals surface area contributed by atoms with E-state index in [0.717, 1.165) is 5.57 Å². The average molecular weight is 309 g/mol. The molecule has 0 aliphatic heterocycles. The monoisotopic (exact) mass is 309 g/mol. The van der Waals surface area contributed by atoms with Crippen LogP contribution in [0.25, 0.3) is 0 Å². The first-order valence-corrected chi connectivity index (χ1v) is 8.79. The van der Waals surface area contributed by atoms with E-state index in [4.69, 9.17) is 0 Å². The fourth-order valence-corrected chi connectivity index (χ4v) is 5.62. The van der Waals surface area contributed by atoms with E-state index in [-0.39, 0.29) is 5.92 Å². The zero-order valence-corrected chi connectivity index (χ0v) is 13.8. The molecule has 0 saturated heterocycles. The first kappa shape index (κ1) is 15.1. The van der Waals surface area contributed by atoms with E-state index in [1.54, 1.807) is 0 Å². The molecule has 0 bridgehead atoms. The van der Waals surface area contributed by atoms with E-state index in [9.17, 15) is 5.11 Å². The predicted molar refractivity (Wildman–Crippen MR) is 93.8 cm³/mol. The van der Waals surface area contributed by atoms with Crippen molar-refractivity contribution in [3.63, 3.8) is 0 Å². The van der Waals surface area contributed by atoms with Gasteiger partial charge in [-0.25, -0.2) is 0 Å². The number of hydrogen-bond donors (Lipinski definition) is 1. The van der Waals surface area contributed by atoms with Crippen molar-refractivity contribution < 1.29 is 5.11 Å². The standard InChI is InChI=1S/C20H21OS/c1-16-10-9-11-17(2)20(16,21)22(18-12-5-3-6-13-18)19-14-7-4-8-15-19/h3-16,21H,1-2H3/q+1. The lowest BCUT2D eigenvalue weighted by atomic mass is 9.93. The Balaban J connectivity index is 2.18. The summed E-state index contributed by atoms with van der Waals surface area (Å²) in [6.07, 6.45) is 6.18. The van der Waals surface area contributed by atoms with Gasteiger partial charge in [0.1, 0.15) is 10.9 Å². The lowest BCUT2D eigenvalue weighted by Gasteiger charge is -2.34. The lowest BCUT2D eigenvalue weighted by molar-refractivity contribution is 0.131. The van der Waals surface area contributed by atoms with Crippen molar-refractivity contribution in [1.82, 2.24) is 0 Å². The van der Waals surface area contributed by atoms with Gasteiger partial charge in [-0.05, 0) is 31.2 Å². The molecule has 0 heterocycles. The van der Waals surface area contributed by atoms with Gasteiger partial charge in [-0.15, -0.1) is 0 Å². The quantitative estimate of drug-likeness (QED) is 0.824. The molecule has 0 radical (unpaired) electrons. The van der Waals surface area contributed by atoms with Crippen LogP contribution in [0.5, 0.6) is 0 Å². The van der Waals surface area contributed by atoms with Gasteiger partial charge >= 0.3 is 0 Å². The van der Waals surface area contributed by atoms with Gasteiger partial charge in [-0.2, -0.15) is 0 Å². The molecular formula is C20H21OS+. The first-order valence-electron chi connectivity index (χ1n) is 7.56. The van der Waals surface area contributed by atoms with Crippen LogP contribution < -0.4 is 0 Å². The largest absolute Gasteiger partial charge is 0.343 e. The second kappa shape index (κ2) is 6.15. The maximum Gasteiger partial charge on any atom is 0.264 e. The van der Waals surface area contributed by atoms with Crippen LogP contribution in [0.15, 0.2) is 94.3 Å². The number of hydrogen-bond acceptors (Lipinski definition) is 1. The van der Waals surface area contributed by atoms with Crippen molar-refractivity contribution in [3.8, 4) is 0 Å². The highest BCUT2D eigenvalue weighted by molar-refractivity contribution is 7.98. The molecule has 0 amide bonds. The highest BCUT2D eigenvalue weighted by Gasteiger charge is 2.54. The highest BCUT2D eigenvalue weighted by Crippen LogP contribution is 2.44.